The standard InChI is InChI=1S/C21H21BClNO5/c1-24-5-4-11(17(28)9-24)19-14(25)7-15(26)20-16(27)8-18(29-21(19)20)12-6-10(22)2-3-13(12)23/h2-3,6-8,11,17,25-26,28H,4-5,9,22H2,1H3/t11-,17+/m0/s1. The van der Waals surface area contributed by atoms with Crippen LogP contribution in [0.25, 0.3) is 22.3 Å². The summed E-state index contributed by atoms with van der Waals surface area (Å²) in [5.74, 6) is -0.760. The molecule has 0 amide bonds. The molecular formula is C21H21BClNO5. The summed E-state index contributed by atoms with van der Waals surface area (Å²) < 4.78 is 6.06. The van der Waals surface area contributed by atoms with Crippen LogP contribution >= 0.6 is 11.6 Å². The maximum absolute atomic E-state index is 12.9. The minimum Gasteiger partial charge on any atom is -0.507 e. The normalized spacial score (nSPS) is 20.2. The third kappa shape index (κ3) is 3.50. The number of halogens is 1. The molecule has 1 aliphatic heterocycles. The molecule has 0 bridgehead atoms. The van der Waals surface area contributed by atoms with Gasteiger partial charge >= 0.3 is 0 Å². The summed E-state index contributed by atoms with van der Waals surface area (Å²) in [6.07, 6.45) is -0.173. The molecule has 0 unspecified atom stereocenters. The summed E-state index contributed by atoms with van der Waals surface area (Å²) in [7, 11) is 3.81. The second-order valence-corrected chi connectivity index (χ2v) is 8.12. The summed E-state index contributed by atoms with van der Waals surface area (Å²) in [5, 5.41) is 31.9. The van der Waals surface area contributed by atoms with Gasteiger partial charge in [-0.25, -0.2) is 0 Å². The van der Waals surface area contributed by atoms with Crippen molar-refractivity contribution in [2.45, 2.75) is 18.4 Å². The number of nitrogens with zero attached hydrogens (tertiary/aromatic N) is 1. The van der Waals surface area contributed by atoms with Crippen molar-refractivity contribution in [3.8, 4) is 22.8 Å². The van der Waals surface area contributed by atoms with Crippen molar-refractivity contribution in [3.05, 3.63) is 51.1 Å². The number of rotatable bonds is 2. The van der Waals surface area contributed by atoms with Gasteiger partial charge in [-0.3, -0.25) is 4.79 Å². The molecule has 0 radical (unpaired) electrons. The highest BCUT2D eigenvalue weighted by Gasteiger charge is 2.33. The van der Waals surface area contributed by atoms with Crippen LogP contribution in [0.3, 0.4) is 0 Å². The molecule has 1 fully saturated rings. The van der Waals surface area contributed by atoms with E-state index in [1.807, 2.05) is 25.9 Å². The highest BCUT2D eigenvalue weighted by atomic mass is 35.5. The first-order valence-corrected chi connectivity index (χ1v) is 9.80. The largest absolute Gasteiger partial charge is 0.507 e. The molecule has 1 saturated heterocycles. The van der Waals surface area contributed by atoms with Crippen LogP contribution in [-0.4, -0.2) is 54.3 Å². The Kier molecular flexibility index (Phi) is 5.06. The molecule has 8 heteroatoms. The SMILES string of the molecule is Bc1ccc(Cl)c(-c2cc(=O)c3c(O)cc(O)c([C@H]4CCN(C)C[C@H]4O)c3o2)c1. The minimum atomic E-state index is -0.746. The van der Waals surface area contributed by atoms with Crippen molar-refractivity contribution < 1.29 is 19.7 Å². The zero-order valence-corrected chi connectivity index (χ0v) is 16.9. The lowest BCUT2D eigenvalue weighted by Gasteiger charge is -2.34. The Hall–Kier alpha value is -2.48. The molecule has 29 heavy (non-hydrogen) atoms. The van der Waals surface area contributed by atoms with E-state index < -0.39 is 17.5 Å². The Bertz CT molecular complexity index is 1160. The quantitative estimate of drug-likeness (QED) is 0.552. The fraction of sp³-hybridized carbons (Fsp3) is 0.286. The van der Waals surface area contributed by atoms with Crippen molar-refractivity contribution in [3.63, 3.8) is 0 Å². The number of aliphatic hydroxyl groups excluding tert-OH is 1. The van der Waals surface area contributed by atoms with Crippen LogP contribution in [0.4, 0.5) is 0 Å². The summed E-state index contributed by atoms with van der Waals surface area (Å²) in [6.45, 7) is 1.15. The zero-order valence-electron chi connectivity index (χ0n) is 16.1. The monoisotopic (exact) mass is 413 g/mol. The molecule has 2 heterocycles. The van der Waals surface area contributed by atoms with Gasteiger partial charge in [-0.1, -0.05) is 29.2 Å². The molecule has 2 aromatic carbocycles. The first-order valence-electron chi connectivity index (χ1n) is 9.42. The fourth-order valence-electron chi connectivity index (χ4n) is 4.07. The average Bonchev–Trinajstić information content (AvgIpc) is 2.64. The summed E-state index contributed by atoms with van der Waals surface area (Å²) in [5.41, 5.74) is 1.46. The number of aromatic hydroxyl groups is 2. The van der Waals surface area contributed by atoms with Gasteiger partial charge in [-0.05, 0) is 26.1 Å². The number of piperidine rings is 1. The van der Waals surface area contributed by atoms with Crippen LogP contribution in [0.5, 0.6) is 11.5 Å². The molecule has 150 valence electrons. The molecule has 0 aliphatic carbocycles. The number of aliphatic hydroxyl groups is 1. The predicted octanol–water partition coefficient (Wildman–Crippen LogP) is 1.56. The van der Waals surface area contributed by atoms with Gasteiger partial charge in [0.05, 0.1) is 11.1 Å². The number of fused-ring (bicyclic) bond motifs is 1. The van der Waals surface area contributed by atoms with Crippen molar-refractivity contribution in [1.29, 1.82) is 0 Å². The van der Waals surface area contributed by atoms with E-state index in [9.17, 15) is 20.1 Å². The van der Waals surface area contributed by atoms with Crippen molar-refractivity contribution in [2.24, 2.45) is 0 Å². The Morgan fingerprint density at radius 3 is 2.69 bits per heavy atom. The highest BCUT2D eigenvalue weighted by Crippen LogP contribution is 2.42. The number of benzene rings is 2. The molecule has 0 spiro atoms. The van der Waals surface area contributed by atoms with Gasteiger partial charge in [0.2, 0.25) is 0 Å². The number of likely N-dealkylation sites (tertiary alicyclic amines) is 1. The van der Waals surface area contributed by atoms with E-state index in [1.54, 1.807) is 12.1 Å². The van der Waals surface area contributed by atoms with Crippen LogP contribution in [0.15, 0.2) is 39.5 Å². The van der Waals surface area contributed by atoms with Crippen molar-refractivity contribution in [1.82, 2.24) is 4.90 Å². The maximum atomic E-state index is 12.9. The maximum Gasteiger partial charge on any atom is 0.197 e. The predicted molar refractivity (Wildman–Crippen MR) is 115 cm³/mol. The van der Waals surface area contributed by atoms with E-state index in [1.165, 1.54) is 6.07 Å². The van der Waals surface area contributed by atoms with Gasteiger partial charge < -0.3 is 24.6 Å². The van der Waals surface area contributed by atoms with Crippen LogP contribution in [0, 0.1) is 0 Å². The molecule has 3 aromatic rings. The second kappa shape index (κ2) is 7.41. The lowest BCUT2D eigenvalue weighted by Crippen LogP contribution is -2.40. The van der Waals surface area contributed by atoms with Crippen LogP contribution in [0.1, 0.15) is 17.9 Å². The first-order chi connectivity index (χ1) is 13.8. The topological polar surface area (TPSA) is 94.1 Å². The molecule has 1 aromatic heterocycles. The smallest absolute Gasteiger partial charge is 0.197 e. The highest BCUT2D eigenvalue weighted by molar-refractivity contribution is 6.36. The molecule has 4 rings (SSSR count). The Morgan fingerprint density at radius 1 is 1.21 bits per heavy atom. The van der Waals surface area contributed by atoms with E-state index in [0.29, 0.717) is 29.1 Å². The van der Waals surface area contributed by atoms with E-state index in [2.05, 4.69) is 0 Å². The van der Waals surface area contributed by atoms with Gasteiger partial charge in [0.15, 0.2) is 5.43 Å². The van der Waals surface area contributed by atoms with Gasteiger partial charge in [0, 0.05) is 35.7 Å². The van der Waals surface area contributed by atoms with E-state index in [0.717, 1.165) is 18.1 Å². The molecular weight excluding hydrogens is 392 g/mol. The zero-order chi connectivity index (χ0) is 20.9. The van der Waals surface area contributed by atoms with Gasteiger partial charge in [0.25, 0.3) is 0 Å². The molecule has 0 saturated carbocycles. The number of likely N-dealkylation sites (N-methyl/N-ethyl adjacent to an activating group) is 1. The van der Waals surface area contributed by atoms with Gasteiger partial charge in [-0.2, -0.15) is 0 Å². The van der Waals surface area contributed by atoms with E-state index in [-0.39, 0.29) is 28.2 Å². The van der Waals surface area contributed by atoms with Crippen LogP contribution in [0.2, 0.25) is 5.02 Å². The Morgan fingerprint density at radius 2 is 1.97 bits per heavy atom. The van der Waals surface area contributed by atoms with E-state index >= 15 is 0 Å². The third-order valence-electron chi connectivity index (χ3n) is 5.54. The van der Waals surface area contributed by atoms with Crippen LogP contribution < -0.4 is 10.9 Å². The number of β-amino-alcohol motifs (C(OH)–C–C–N with tert-alkyl or cyclic N) is 1. The van der Waals surface area contributed by atoms with Crippen molar-refractivity contribution >= 4 is 35.9 Å². The average molecular weight is 414 g/mol. The molecule has 2 atom stereocenters. The van der Waals surface area contributed by atoms with Gasteiger partial charge in [0.1, 0.15) is 36.1 Å². The summed E-state index contributed by atoms with van der Waals surface area (Å²) >= 11 is 6.32. The Balaban J connectivity index is 2.00. The van der Waals surface area contributed by atoms with Crippen LogP contribution in [-0.2, 0) is 0 Å². The van der Waals surface area contributed by atoms with Crippen molar-refractivity contribution in [2.75, 3.05) is 20.1 Å². The number of phenolic OH excluding ortho intramolecular Hbond substituents is 2. The lowest BCUT2D eigenvalue weighted by molar-refractivity contribution is 0.0631. The van der Waals surface area contributed by atoms with E-state index in [4.69, 9.17) is 16.0 Å². The number of phenols is 2. The molecule has 6 nitrogen and oxygen atoms in total. The number of hydrogen-bond acceptors (Lipinski definition) is 6. The molecule has 1 aliphatic rings. The minimum absolute atomic E-state index is 0.0172. The lowest BCUT2D eigenvalue weighted by atomic mass is 9.85. The number of hydrogen-bond donors (Lipinski definition) is 3. The third-order valence-corrected chi connectivity index (χ3v) is 5.87. The first kappa shape index (κ1) is 19.8. The summed E-state index contributed by atoms with van der Waals surface area (Å²) in [6, 6.07) is 7.80. The molecule has 3 N–H and O–H groups in total. The van der Waals surface area contributed by atoms with Gasteiger partial charge in [-0.15, -0.1) is 0 Å². The summed E-state index contributed by atoms with van der Waals surface area (Å²) in [4.78, 5) is 14.8. The second-order valence-electron chi connectivity index (χ2n) is 7.72. The Labute approximate surface area is 173 Å². The fourth-order valence-corrected chi connectivity index (χ4v) is 4.28.